The van der Waals surface area contributed by atoms with Gasteiger partial charge in [-0.25, -0.2) is 9.97 Å². The van der Waals surface area contributed by atoms with Crippen LogP contribution in [-0.2, 0) is 6.54 Å². The molecule has 2 saturated heterocycles. The molecule has 2 aliphatic heterocycles. The number of rotatable bonds is 5. The fourth-order valence-corrected chi connectivity index (χ4v) is 4.00. The Morgan fingerprint density at radius 3 is 2.36 bits per heavy atom. The minimum Gasteiger partial charge on any atom is -0.394 e. The maximum Gasteiger partial charge on any atom is 0.134 e. The van der Waals surface area contributed by atoms with Crippen LogP contribution in [0.2, 0.25) is 0 Å². The van der Waals surface area contributed by atoms with Crippen LogP contribution < -0.4 is 9.80 Å². The van der Waals surface area contributed by atoms with E-state index in [1.807, 2.05) is 10.9 Å². The molecular weight excluding hydrogens is 316 g/mol. The van der Waals surface area contributed by atoms with Gasteiger partial charge in [-0.05, 0) is 31.7 Å². The highest BCUT2D eigenvalue weighted by Crippen LogP contribution is 2.30. The molecule has 2 fully saturated rings. The van der Waals surface area contributed by atoms with Gasteiger partial charge in [0.05, 0.1) is 13.2 Å². The highest BCUT2D eigenvalue weighted by Gasteiger charge is 2.24. The SMILES string of the molecule is OCCn1nccc1C1CCN(c2cc(N3CCCC3)ncn2)CC1. The van der Waals surface area contributed by atoms with Gasteiger partial charge in [-0.1, -0.05) is 0 Å². The standard InChI is InChI=1S/C18H26N6O/c25-12-11-24-16(3-6-21-24)15-4-9-23(10-5-15)18-13-17(19-14-20-18)22-7-1-2-8-22/h3,6,13-15,25H,1-2,4-5,7-12H2. The maximum absolute atomic E-state index is 9.18. The van der Waals surface area contributed by atoms with E-state index in [9.17, 15) is 5.11 Å². The lowest BCUT2D eigenvalue weighted by Crippen LogP contribution is -2.34. The van der Waals surface area contributed by atoms with Gasteiger partial charge in [0.2, 0.25) is 0 Å². The summed E-state index contributed by atoms with van der Waals surface area (Å²) in [6.45, 7) is 4.90. The smallest absolute Gasteiger partial charge is 0.134 e. The Labute approximate surface area is 148 Å². The molecule has 2 aromatic rings. The zero-order chi connectivity index (χ0) is 17.1. The Morgan fingerprint density at radius 2 is 1.68 bits per heavy atom. The first-order chi connectivity index (χ1) is 12.3. The Balaban J connectivity index is 1.41. The van der Waals surface area contributed by atoms with Crippen LogP contribution in [0.25, 0.3) is 0 Å². The minimum absolute atomic E-state index is 0.133. The molecule has 7 heteroatoms. The van der Waals surface area contributed by atoms with E-state index < -0.39 is 0 Å². The van der Waals surface area contributed by atoms with Crippen molar-refractivity contribution in [3.8, 4) is 0 Å². The van der Waals surface area contributed by atoms with Crippen molar-refractivity contribution in [1.82, 2.24) is 19.7 Å². The van der Waals surface area contributed by atoms with Crippen molar-refractivity contribution in [1.29, 1.82) is 0 Å². The van der Waals surface area contributed by atoms with Gasteiger partial charge in [0.25, 0.3) is 0 Å². The fraction of sp³-hybridized carbons (Fsp3) is 0.611. The molecule has 4 heterocycles. The molecule has 0 spiro atoms. The molecule has 0 aromatic carbocycles. The molecule has 0 unspecified atom stereocenters. The number of piperidine rings is 1. The molecule has 134 valence electrons. The normalized spacial score (nSPS) is 18.9. The van der Waals surface area contributed by atoms with Crippen molar-refractivity contribution >= 4 is 11.6 Å². The first kappa shape index (κ1) is 16.3. The quantitative estimate of drug-likeness (QED) is 0.891. The van der Waals surface area contributed by atoms with Crippen LogP contribution >= 0.6 is 0 Å². The van der Waals surface area contributed by atoms with Gasteiger partial charge >= 0.3 is 0 Å². The maximum atomic E-state index is 9.18. The third kappa shape index (κ3) is 3.46. The second kappa shape index (κ2) is 7.39. The van der Waals surface area contributed by atoms with Gasteiger partial charge in [-0.2, -0.15) is 5.10 Å². The number of aliphatic hydroxyl groups excluding tert-OH is 1. The molecule has 0 atom stereocenters. The van der Waals surface area contributed by atoms with Crippen LogP contribution in [0.4, 0.5) is 11.6 Å². The summed E-state index contributed by atoms with van der Waals surface area (Å²) in [6.07, 6.45) is 8.22. The van der Waals surface area contributed by atoms with E-state index in [0.29, 0.717) is 12.5 Å². The third-order valence-corrected chi connectivity index (χ3v) is 5.37. The lowest BCUT2D eigenvalue weighted by molar-refractivity contribution is 0.265. The number of aliphatic hydroxyl groups is 1. The van der Waals surface area contributed by atoms with E-state index in [0.717, 1.165) is 50.7 Å². The van der Waals surface area contributed by atoms with Gasteiger partial charge in [0.1, 0.15) is 18.0 Å². The summed E-state index contributed by atoms with van der Waals surface area (Å²) < 4.78 is 1.94. The average molecular weight is 342 g/mol. The minimum atomic E-state index is 0.133. The van der Waals surface area contributed by atoms with E-state index >= 15 is 0 Å². The zero-order valence-electron chi connectivity index (χ0n) is 14.6. The van der Waals surface area contributed by atoms with Crippen LogP contribution in [0.15, 0.2) is 24.7 Å². The molecular formula is C18H26N6O. The van der Waals surface area contributed by atoms with E-state index in [1.54, 1.807) is 6.33 Å². The molecule has 0 radical (unpaired) electrons. The van der Waals surface area contributed by atoms with Crippen LogP contribution in [0.1, 0.15) is 37.3 Å². The second-order valence-corrected chi connectivity index (χ2v) is 6.89. The summed E-state index contributed by atoms with van der Waals surface area (Å²) in [4.78, 5) is 13.7. The summed E-state index contributed by atoms with van der Waals surface area (Å²) in [6, 6.07) is 4.23. The van der Waals surface area contributed by atoms with Crippen molar-refractivity contribution in [3.63, 3.8) is 0 Å². The molecule has 0 aliphatic carbocycles. The summed E-state index contributed by atoms with van der Waals surface area (Å²) in [5.74, 6) is 2.61. The van der Waals surface area contributed by atoms with Crippen molar-refractivity contribution in [2.24, 2.45) is 0 Å². The summed E-state index contributed by atoms with van der Waals surface area (Å²) in [5.41, 5.74) is 1.24. The van der Waals surface area contributed by atoms with Crippen LogP contribution in [0.3, 0.4) is 0 Å². The van der Waals surface area contributed by atoms with E-state index in [-0.39, 0.29) is 6.61 Å². The molecule has 1 N–H and O–H groups in total. The van der Waals surface area contributed by atoms with Gasteiger partial charge in [-0.15, -0.1) is 0 Å². The van der Waals surface area contributed by atoms with Crippen LogP contribution in [0, 0.1) is 0 Å². The van der Waals surface area contributed by atoms with Gasteiger partial charge in [0.15, 0.2) is 0 Å². The lowest BCUT2D eigenvalue weighted by Gasteiger charge is -2.33. The van der Waals surface area contributed by atoms with Crippen LogP contribution in [-0.4, -0.2) is 57.6 Å². The number of anilines is 2. The molecule has 0 saturated carbocycles. The molecule has 0 amide bonds. The van der Waals surface area contributed by atoms with Crippen molar-refractivity contribution in [3.05, 3.63) is 30.4 Å². The highest BCUT2D eigenvalue weighted by molar-refractivity contribution is 5.50. The molecule has 25 heavy (non-hydrogen) atoms. The third-order valence-electron chi connectivity index (χ3n) is 5.37. The highest BCUT2D eigenvalue weighted by atomic mass is 16.3. The van der Waals surface area contributed by atoms with Crippen LogP contribution in [0.5, 0.6) is 0 Å². The Hall–Kier alpha value is -2.15. The Bertz CT molecular complexity index is 688. The summed E-state index contributed by atoms with van der Waals surface area (Å²) >= 11 is 0. The predicted molar refractivity (Wildman–Crippen MR) is 97.0 cm³/mol. The first-order valence-corrected chi connectivity index (χ1v) is 9.29. The topological polar surface area (TPSA) is 70.3 Å². The van der Waals surface area contributed by atoms with Crippen molar-refractivity contribution in [2.75, 3.05) is 42.6 Å². The number of hydrogen-bond acceptors (Lipinski definition) is 6. The lowest BCUT2D eigenvalue weighted by atomic mass is 9.93. The number of nitrogens with zero attached hydrogens (tertiary/aromatic N) is 6. The van der Waals surface area contributed by atoms with E-state index in [2.05, 4.69) is 37.0 Å². The van der Waals surface area contributed by atoms with E-state index in [4.69, 9.17) is 0 Å². The average Bonchev–Trinajstić information content (AvgIpc) is 3.34. The van der Waals surface area contributed by atoms with Gasteiger partial charge < -0.3 is 14.9 Å². The van der Waals surface area contributed by atoms with Crippen molar-refractivity contribution < 1.29 is 5.11 Å². The molecule has 4 rings (SSSR count). The zero-order valence-corrected chi connectivity index (χ0v) is 14.6. The molecule has 2 aromatic heterocycles. The number of hydrogen-bond donors (Lipinski definition) is 1. The first-order valence-electron chi connectivity index (χ1n) is 9.29. The monoisotopic (exact) mass is 342 g/mol. The molecule has 7 nitrogen and oxygen atoms in total. The fourth-order valence-electron chi connectivity index (χ4n) is 4.00. The molecule has 2 aliphatic rings. The largest absolute Gasteiger partial charge is 0.394 e. The van der Waals surface area contributed by atoms with Gasteiger partial charge in [0, 0.05) is 50.1 Å². The Morgan fingerprint density at radius 1 is 1.00 bits per heavy atom. The molecule has 0 bridgehead atoms. The Kier molecular flexibility index (Phi) is 4.83. The van der Waals surface area contributed by atoms with Gasteiger partial charge in [-0.3, -0.25) is 4.68 Å². The predicted octanol–water partition coefficient (Wildman–Crippen LogP) is 1.65. The summed E-state index contributed by atoms with van der Waals surface area (Å²) in [7, 11) is 0. The second-order valence-electron chi connectivity index (χ2n) is 6.89. The summed E-state index contributed by atoms with van der Waals surface area (Å²) in [5, 5.41) is 13.5. The van der Waals surface area contributed by atoms with Crippen molar-refractivity contribution in [2.45, 2.75) is 38.1 Å². The number of aromatic nitrogens is 4. The van der Waals surface area contributed by atoms with E-state index in [1.165, 1.54) is 18.5 Å².